The Morgan fingerprint density at radius 1 is 1.39 bits per heavy atom. The van der Waals surface area contributed by atoms with E-state index in [0.717, 1.165) is 15.3 Å². The molecule has 0 saturated heterocycles. The third kappa shape index (κ3) is 3.52. The van der Waals surface area contributed by atoms with Crippen LogP contribution in [0.4, 0.5) is 10.8 Å². The fourth-order valence-electron chi connectivity index (χ4n) is 1.32. The van der Waals surface area contributed by atoms with Crippen molar-refractivity contribution in [2.45, 2.75) is 6.42 Å². The lowest BCUT2D eigenvalue weighted by molar-refractivity contribution is -0.120. The topological polar surface area (TPSA) is 80.0 Å². The van der Waals surface area contributed by atoms with Crippen molar-refractivity contribution in [1.29, 1.82) is 0 Å². The Labute approximate surface area is 117 Å². The number of benzene rings is 1. The van der Waals surface area contributed by atoms with Crippen molar-refractivity contribution < 1.29 is 4.79 Å². The van der Waals surface area contributed by atoms with Crippen molar-refractivity contribution in [3.8, 4) is 0 Å². The number of anilines is 2. The van der Waals surface area contributed by atoms with Gasteiger partial charge in [-0.05, 0) is 24.3 Å². The number of hydrogen-bond acceptors (Lipinski definition) is 5. The molecule has 1 aromatic heterocycles. The SMILES string of the molecule is NNC(=O)Cc1csc(Nc2ccc(Br)cc2)n1. The monoisotopic (exact) mass is 326 g/mol. The van der Waals surface area contributed by atoms with Gasteiger partial charge >= 0.3 is 0 Å². The molecule has 18 heavy (non-hydrogen) atoms. The first-order chi connectivity index (χ1) is 8.67. The Kier molecular flexibility index (Phi) is 4.29. The summed E-state index contributed by atoms with van der Waals surface area (Å²) in [6.07, 6.45) is 0.190. The molecule has 1 aromatic carbocycles. The lowest BCUT2D eigenvalue weighted by Gasteiger charge is -2.01. The first-order valence-corrected chi connectivity index (χ1v) is 6.81. The van der Waals surface area contributed by atoms with E-state index in [1.165, 1.54) is 11.3 Å². The largest absolute Gasteiger partial charge is 0.332 e. The molecule has 4 N–H and O–H groups in total. The summed E-state index contributed by atoms with van der Waals surface area (Å²) < 4.78 is 1.02. The van der Waals surface area contributed by atoms with Crippen molar-refractivity contribution in [1.82, 2.24) is 10.4 Å². The average Bonchev–Trinajstić information content (AvgIpc) is 2.79. The van der Waals surface area contributed by atoms with Gasteiger partial charge in [0.2, 0.25) is 5.91 Å². The third-order valence-corrected chi connectivity index (χ3v) is 3.49. The molecule has 2 aromatic rings. The maximum absolute atomic E-state index is 11.1. The summed E-state index contributed by atoms with van der Waals surface area (Å²) in [7, 11) is 0. The van der Waals surface area contributed by atoms with Crippen molar-refractivity contribution >= 4 is 44.0 Å². The van der Waals surface area contributed by atoms with Gasteiger partial charge in [0.15, 0.2) is 5.13 Å². The van der Waals surface area contributed by atoms with Crippen LogP contribution in [0.3, 0.4) is 0 Å². The molecule has 2 rings (SSSR count). The molecule has 0 fully saturated rings. The summed E-state index contributed by atoms with van der Waals surface area (Å²) in [5, 5.41) is 5.74. The highest BCUT2D eigenvalue weighted by molar-refractivity contribution is 9.10. The van der Waals surface area contributed by atoms with E-state index in [1.807, 2.05) is 29.6 Å². The Morgan fingerprint density at radius 2 is 2.11 bits per heavy atom. The molecule has 0 radical (unpaired) electrons. The Morgan fingerprint density at radius 3 is 2.78 bits per heavy atom. The third-order valence-electron chi connectivity index (χ3n) is 2.15. The number of nitrogens with two attached hydrogens (primary N) is 1. The lowest BCUT2D eigenvalue weighted by atomic mass is 10.3. The normalized spacial score (nSPS) is 10.1. The number of hydrazine groups is 1. The van der Waals surface area contributed by atoms with Crippen LogP contribution in [0.25, 0.3) is 0 Å². The Balaban J connectivity index is 2.02. The summed E-state index contributed by atoms with van der Waals surface area (Å²) in [6, 6.07) is 7.77. The number of hydrogen-bond donors (Lipinski definition) is 3. The van der Waals surface area contributed by atoms with Crippen molar-refractivity contribution in [3.05, 3.63) is 39.8 Å². The van der Waals surface area contributed by atoms with Crippen LogP contribution in [0.5, 0.6) is 0 Å². The second kappa shape index (κ2) is 5.94. The maximum atomic E-state index is 11.1. The minimum Gasteiger partial charge on any atom is -0.332 e. The van der Waals surface area contributed by atoms with Gasteiger partial charge in [-0.15, -0.1) is 11.3 Å². The minimum absolute atomic E-state index is 0.190. The Bertz CT molecular complexity index is 540. The first kappa shape index (κ1) is 13.0. The van der Waals surface area contributed by atoms with Gasteiger partial charge in [-0.1, -0.05) is 15.9 Å². The summed E-state index contributed by atoms with van der Waals surface area (Å²) in [4.78, 5) is 15.4. The van der Waals surface area contributed by atoms with Crippen LogP contribution in [0, 0.1) is 0 Å². The van der Waals surface area contributed by atoms with Crippen LogP contribution in [0.1, 0.15) is 5.69 Å². The zero-order chi connectivity index (χ0) is 13.0. The van der Waals surface area contributed by atoms with Gasteiger partial charge in [0.25, 0.3) is 0 Å². The van der Waals surface area contributed by atoms with Crippen LogP contribution < -0.4 is 16.6 Å². The molecule has 1 heterocycles. The molecule has 0 aliphatic heterocycles. The highest BCUT2D eigenvalue weighted by Crippen LogP contribution is 2.22. The standard InChI is InChI=1S/C11H11BrN4OS/c12-7-1-3-8(4-2-7)14-11-15-9(6-18-11)5-10(17)16-13/h1-4,6H,5,13H2,(H,14,15)(H,16,17). The van der Waals surface area contributed by atoms with Crippen LogP contribution in [-0.4, -0.2) is 10.9 Å². The molecule has 1 amide bonds. The van der Waals surface area contributed by atoms with E-state index in [-0.39, 0.29) is 12.3 Å². The fraction of sp³-hybridized carbons (Fsp3) is 0.0909. The first-order valence-electron chi connectivity index (χ1n) is 5.14. The number of carbonyl (C=O) groups is 1. The van der Waals surface area contributed by atoms with Crippen LogP contribution in [0.2, 0.25) is 0 Å². The number of carbonyl (C=O) groups excluding carboxylic acids is 1. The molecule has 0 unspecified atom stereocenters. The van der Waals surface area contributed by atoms with Crippen LogP contribution in [0.15, 0.2) is 34.1 Å². The zero-order valence-corrected chi connectivity index (χ0v) is 11.7. The minimum atomic E-state index is -0.254. The molecule has 94 valence electrons. The molecule has 0 atom stereocenters. The number of nitrogens with zero attached hydrogens (tertiary/aromatic N) is 1. The van der Waals surface area contributed by atoms with Gasteiger partial charge in [0.05, 0.1) is 12.1 Å². The number of rotatable bonds is 4. The lowest BCUT2D eigenvalue weighted by Crippen LogP contribution is -2.31. The molecule has 0 spiro atoms. The molecule has 0 aliphatic carbocycles. The summed E-state index contributed by atoms with van der Waals surface area (Å²) >= 11 is 4.82. The smallest absolute Gasteiger partial charge is 0.239 e. The van der Waals surface area contributed by atoms with Crippen molar-refractivity contribution in [2.24, 2.45) is 5.84 Å². The predicted molar refractivity (Wildman–Crippen MR) is 75.6 cm³/mol. The second-order valence-electron chi connectivity index (χ2n) is 3.52. The van der Waals surface area contributed by atoms with Crippen LogP contribution in [-0.2, 0) is 11.2 Å². The molecular weight excluding hydrogens is 316 g/mol. The van der Waals surface area contributed by atoms with E-state index in [0.29, 0.717) is 5.69 Å². The van der Waals surface area contributed by atoms with Gasteiger partial charge in [-0.3, -0.25) is 10.2 Å². The predicted octanol–water partition coefficient (Wildman–Crippen LogP) is 2.18. The summed E-state index contributed by atoms with van der Waals surface area (Å²) in [5.41, 5.74) is 3.72. The van der Waals surface area contributed by atoms with E-state index in [4.69, 9.17) is 5.84 Å². The van der Waals surface area contributed by atoms with E-state index in [1.54, 1.807) is 0 Å². The number of thiazole rings is 1. The average molecular weight is 327 g/mol. The quantitative estimate of drug-likeness (QED) is 0.457. The van der Waals surface area contributed by atoms with Gasteiger partial charge in [-0.2, -0.15) is 0 Å². The van der Waals surface area contributed by atoms with Crippen molar-refractivity contribution in [3.63, 3.8) is 0 Å². The van der Waals surface area contributed by atoms with Crippen LogP contribution >= 0.6 is 27.3 Å². The van der Waals surface area contributed by atoms with E-state index < -0.39 is 0 Å². The Hall–Kier alpha value is -1.44. The van der Waals surface area contributed by atoms with E-state index in [9.17, 15) is 4.79 Å². The fourth-order valence-corrected chi connectivity index (χ4v) is 2.31. The van der Waals surface area contributed by atoms with Crippen molar-refractivity contribution in [2.75, 3.05) is 5.32 Å². The van der Waals surface area contributed by atoms with E-state index >= 15 is 0 Å². The molecule has 5 nitrogen and oxygen atoms in total. The molecule has 0 bridgehead atoms. The summed E-state index contributed by atoms with van der Waals surface area (Å²) in [6.45, 7) is 0. The van der Waals surface area contributed by atoms with Gasteiger partial charge in [0, 0.05) is 15.5 Å². The molecule has 7 heteroatoms. The van der Waals surface area contributed by atoms with E-state index in [2.05, 4.69) is 31.7 Å². The zero-order valence-electron chi connectivity index (χ0n) is 9.31. The molecular formula is C11H11BrN4OS. The number of halogens is 1. The second-order valence-corrected chi connectivity index (χ2v) is 5.29. The van der Waals surface area contributed by atoms with Gasteiger partial charge in [-0.25, -0.2) is 10.8 Å². The maximum Gasteiger partial charge on any atom is 0.239 e. The van der Waals surface area contributed by atoms with Gasteiger partial charge < -0.3 is 5.32 Å². The highest BCUT2D eigenvalue weighted by Gasteiger charge is 2.06. The molecule has 0 aliphatic rings. The number of aromatic nitrogens is 1. The number of nitrogens with one attached hydrogen (secondary N) is 2. The van der Waals surface area contributed by atoms with Gasteiger partial charge in [0.1, 0.15) is 0 Å². The molecule has 0 saturated carbocycles. The highest BCUT2D eigenvalue weighted by atomic mass is 79.9. The number of amides is 1. The summed E-state index contributed by atoms with van der Waals surface area (Å²) in [5.74, 6) is 4.77.